The van der Waals surface area contributed by atoms with Crippen molar-refractivity contribution in [2.45, 2.75) is 0 Å². The van der Waals surface area contributed by atoms with E-state index in [0.717, 1.165) is 14.5 Å². The quantitative estimate of drug-likeness (QED) is 0.0974. The van der Waals surface area contributed by atoms with Crippen molar-refractivity contribution in [3.05, 3.63) is 95.6 Å². The first-order chi connectivity index (χ1) is 17.9. The van der Waals surface area contributed by atoms with Gasteiger partial charge in [0.2, 0.25) is 11.6 Å². The summed E-state index contributed by atoms with van der Waals surface area (Å²) >= 11 is 6.71. The van der Waals surface area contributed by atoms with Gasteiger partial charge in [0.1, 0.15) is 12.2 Å². The van der Waals surface area contributed by atoms with Crippen LogP contribution in [-0.2, 0) is 0 Å². The Kier molecular flexibility index (Phi) is 6.60. The zero-order chi connectivity index (χ0) is 26.1. The molecule has 0 saturated heterocycles. The normalized spacial score (nSPS) is 11.3. The molecular weight excluding hydrogens is 608 g/mol. The van der Waals surface area contributed by atoms with Crippen LogP contribution in [0.3, 0.4) is 0 Å². The number of para-hydroxylation sites is 1. The minimum absolute atomic E-state index is 0.0770. The molecule has 11 heteroatoms. The van der Waals surface area contributed by atoms with Gasteiger partial charge in [-0.15, -0.1) is 6.42 Å². The molecule has 5 rings (SSSR count). The Hall–Kier alpha value is -4.27. The third-order valence-electron chi connectivity index (χ3n) is 5.32. The Morgan fingerprint density at radius 1 is 1.16 bits per heavy atom. The predicted molar refractivity (Wildman–Crippen MR) is 147 cm³/mol. The molecule has 0 aliphatic heterocycles. The van der Waals surface area contributed by atoms with Gasteiger partial charge in [-0.25, -0.2) is 4.98 Å². The maximum atomic E-state index is 13.5. The highest BCUT2D eigenvalue weighted by Gasteiger charge is 2.21. The van der Waals surface area contributed by atoms with Crippen molar-refractivity contribution in [2.24, 2.45) is 5.10 Å². The number of nitro benzene ring substituents is 1. The molecule has 2 heterocycles. The van der Waals surface area contributed by atoms with Crippen molar-refractivity contribution in [3.8, 4) is 29.7 Å². The summed E-state index contributed by atoms with van der Waals surface area (Å²) in [5, 5.41) is 17.2. The number of nitro groups is 1. The average Bonchev–Trinajstić information content (AvgIpc) is 3.30. The smallest absolute Gasteiger partial charge is 0.312 e. The van der Waals surface area contributed by atoms with E-state index in [0.29, 0.717) is 26.7 Å². The number of ether oxygens (including phenoxy) is 1. The Bertz CT molecular complexity index is 1840. The monoisotopic (exact) mass is 620 g/mol. The molecule has 0 fully saturated rings. The summed E-state index contributed by atoms with van der Waals surface area (Å²) in [6, 6.07) is 17.0. The summed E-state index contributed by atoms with van der Waals surface area (Å²) < 4.78 is 13.8. The van der Waals surface area contributed by atoms with Crippen molar-refractivity contribution in [1.29, 1.82) is 0 Å². The number of hydrogen-bond donors (Lipinski definition) is 0. The molecule has 37 heavy (non-hydrogen) atoms. The molecular formula is C26H14Br2N4O5. The van der Waals surface area contributed by atoms with Crippen molar-refractivity contribution >= 4 is 65.6 Å². The van der Waals surface area contributed by atoms with Crippen LogP contribution in [0.5, 0.6) is 5.75 Å². The number of fused-ring (bicyclic) bond motifs is 2. The van der Waals surface area contributed by atoms with Crippen molar-refractivity contribution in [3.63, 3.8) is 0 Å². The lowest BCUT2D eigenvalue weighted by Crippen LogP contribution is -2.20. The van der Waals surface area contributed by atoms with Crippen molar-refractivity contribution < 1.29 is 14.1 Å². The number of halogens is 2. The van der Waals surface area contributed by atoms with Crippen LogP contribution >= 0.6 is 31.9 Å². The number of aromatic nitrogens is 2. The molecule has 0 atom stereocenters. The molecule has 0 N–H and O–H groups in total. The van der Waals surface area contributed by atoms with Gasteiger partial charge < -0.3 is 9.15 Å². The van der Waals surface area contributed by atoms with Crippen molar-refractivity contribution in [1.82, 2.24) is 9.66 Å². The van der Waals surface area contributed by atoms with E-state index in [-0.39, 0.29) is 29.4 Å². The first-order valence-corrected chi connectivity index (χ1v) is 12.2. The third kappa shape index (κ3) is 4.76. The van der Waals surface area contributed by atoms with Gasteiger partial charge in [-0.05, 0) is 42.5 Å². The lowest BCUT2D eigenvalue weighted by Gasteiger charge is -2.09. The van der Waals surface area contributed by atoms with E-state index in [1.165, 1.54) is 12.3 Å². The standard InChI is InChI=1S/C26H14Br2N4O5/c1-2-9-36-24-16(11-18(28)13-21(24)32(34)35)14-29-31-25(30-20-6-4-3-5-19(20)26(31)33)23-12-15-10-17(27)7-8-22(15)37-23/h1,3-8,10-14H,9H2. The summed E-state index contributed by atoms with van der Waals surface area (Å²) in [4.78, 5) is 29.2. The fourth-order valence-corrected chi connectivity index (χ4v) is 4.58. The maximum Gasteiger partial charge on any atom is 0.312 e. The fourth-order valence-electron chi connectivity index (χ4n) is 3.74. The summed E-state index contributed by atoms with van der Waals surface area (Å²) in [5.74, 6) is 2.69. The van der Waals surface area contributed by atoms with Crippen LogP contribution in [0.2, 0.25) is 0 Å². The lowest BCUT2D eigenvalue weighted by atomic mass is 10.2. The Morgan fingerprint density at radius 3 is 2.76 bits per heavy atom. The molecule has 0 unspecified atom stereocenters. The van der Waals surface area contributed by atoms with Gasteiger partial charge in [0.15, 0.2) is 5.76 Å². The first-order valence-electron chi connectivity index (χ1n) is 10.7. The number of nitrogens with zero attached hydrogens (tertiary/aromatic N) is 4. The summed E-state index contributed by atoms with van der Waals surface area (Å²) in [6.45, 7) is -0.194. The van der Waals surface area contributed by atoms with Gasteiger partial charge in [0.05, 0.1) is 22.0 Å². The molecule has 0 aliphatic rings. The molecule has 0 saturated carbocycles. The maximum absolute atomic E-state index is 13.5. The minimum atomic E-state index is -0.588. The molecule has 182 valence electrons. The molecule has 0 bridgehead atoms. The van der Waals surface area contributed by atoms with Gasteiger partial charge in [0.25, 0.3) is 5.56 Å². The van der Waals surface area contributed by atoms with E-state index < -0.39 is 10.5 Å². The average molecular weight is 622 g/mol. The van der Waals surface area contributed by atoms with E-state index in [2.05, 4.69) is 47.9 Å². The first kappa shape index (κ1) is 24.4. The minimum Gasteiger partial charge on any atom is -0.473 e. The number of furan rings is 1. The highest BCUT2D eigenvalue weighted by atomic mass is 79.9. The summed E-state index contributed by atoms with van der Waals surface area (Å²) in [6.07, 6.45) is 6.57. The van der Waals surface area contributed by atoms with Gasteiger partial charge in [-0.3, -0.25) is 14.9 Å². The lowest BCUT2D eigenvalue weighted by molar-refractivity contribution is -0.385. The summed E-state index contributed by atoms with van der Waals surface area (Å²) in [5.41, 5.74) is 0.540. The van der Waals surface area contributed by atoms with Crippen molar-refractivity contribution in [2.75, 3.05) is 6.61 Å². The van der Waals surface area contributed by atoms with E-state index in [4.69, 9.17) is 15.6 Å². The highest BCUT2D eigenvalue weighted by molar-refractivity contribution is 9.10. The molecule has 2 aromatic heterocycles. The predicted octanol–water partition coefficient (Wildman–Crippen LogP) is 6.14. The molecule has 5 aromatic rings. The second-order valence-corrected chi connectivity index (χ2v) is 9.53. The van der Waals surface area contributed by atoms with Gasteiger partial charge >= 0.3 is 5.69 Å². The van der Waals surface area contributed by atoms with Gasteiger partial charge in [-0.1, -0.05) is 49.9 Å². The fraction of sp³-hybridized carbons (Fsp3) is 0.0385. The van der Waals surface area contributed by atoms with Crippen LogP contribution in [-0.4, -0.2) is 27.4 Å². The molecule has 0 radical (unpaired) electrons. The Morgan fingerprint density at radius 2 is 1.97 bits per heavy atom. The third-order valence-corrected chi connectivity index (χ3v) is 6.28. The van der Waals surface area contributed by atoms with Crippen LogP contribution in [0, 0.1) is 22.5 Å². The van der Waals surface area contributed by atoms with Gasteiger partial charge in [0, 0.05) is 26.0 Å². The zero-order valence-electron chi connectivity index (χ0n) is 18.7. The number of benzene rings is 3. The number of rotatable bonds is 6. The Balaban J connectivity index is 1.73. The molecule has 9 nitrogen and oxygen atoms in total. The molecule has 0 aliphatic carbocycles. The molecule has 0 spiro atoms. The summed E-state index contributed by atoms with van der Waals surface area (Å²) in [7, 11) is 0. The SMILES string of the molecule is C#CCOc1c(C=Nn2c(-c3cc4cc(Br)ccc4o3)nc3ccccc3c2=O)cc(Br)cc1[N+](=O)[O-]. The largest absolute Gasteiger partial charge is 0.473 e. The highest BCUT2D eigenvalue weighted by Crippen LogP contribution is 2.34. The van der Waals surface area contributed by atoms with Crippen LogP contribution in [0.4, 0.5) is 5.69 Å². The number of terminal acetylenes is 1. The van der Waals surface area contributed by atoms with Crippen LogP contribution in [0.15, 0.2) is 83.9 Å². The number of hydrogen-bond acceptors (Lipinski definition) is 7. The zero-order valence-corrected chi connectivity index (χ0v) is 21.9. The van der Waals surface area contributed by atoms with E-state index >= 15 is 0 Å². The molecule has 3 aromatic carbocycles. The van der Waals surface area contributed by atoms with Crippen LogP contribution in [0.1, 0.15) is 5.56 Å². The van der Waals surface area contributed by atoms with Crippen LogP contribution in [0.25, 0.3) is 33.5 Å². The van der Waals surface area contributed by atoms with Crippen LogP contribution < -0.4 is 10.3 Å². The second-order valence-electron chi connectivity index (χ2n) is 7.70. The van der Waals surface area contributed by atoms with E-state index in [9.17, 15) is 14.9 Å². The van der Waals surface area contributed by atoms with E-state index in [1.807, 2.05) is 12.1 Å². The van der Waals surface area contributed by atoms with E-state index in [1.54, 1.807) is 42.5 Å². The topological polar surface area (TPSA) is 113 Å². The second kappa shape index (κ2) is 10.0. The van der Waals surface area contributed by atoms with Gasteiger partial charge in [-0.2, -0.15) is 9.78 Å². The Labute approximate surface area is 225 Å². The molecule has 0 amide bonds.